The van der Waals surface area contributed by atoms with Crippen LogP contribution in [-0.2, 0) is 40.1 Å². The predicted molar refractivity (Wildman–Crippen MR) is 110 cm³/mol. The first-order chi connectivity index (χ1) is 10.7. The Bertz CT molecular complexity index is 768. The van der Waals surface area contributed by atoms with Gasteiger partial charge < -0.3 is 0 Å². The molecule has 0 fully saturated rings. The second-order valence-electron chi connectivity index (χ2n) is 7.79. The Labute approximate surface area is 161 Å². The highest BCUT2D eigenvalue weighted by Gasteiger charge is 2.39. The van der Waals surface area contributed by atoms with Gasteiger partial charge in [0, 0.05) is 0 Å². The molecule has 0 saturated carbocycles. The molecule has 160 valence electrons. The van der Waals surface area contributed by atoms with Crippen LogP contribution in [0.3, 0.4) is 0 Å². The van der Waals surface area contributed by atoms with E-state index in [9.17, 15) is 33.7 Å². The Hall–Kier alpha value is 0.154. The van der Waals surface area contributed by atoms with Crippen LogP contribution in [0.1, 0.15) is 0 Å². The number of nitrogens with zero attached hydrogens (tertiary/aromatic N) is 2. The van der Waals surface area contributed by atoms with Crippen molar-refractivity contribution in [2.24, 2.45) is 0 Å². The van der Waals surface area contributed by atoms with E-state index in [1.807, 2.05) is 0 Å². The maximum absolute atomic E-state index is 11.2. The summed E-state index contributed by atoms with van der Waals surface area (Å²) in [4.78, 5) is 0. The van der Waals surface area contributed by atoms with E-state index >= 15 is 0 Å². The lowest BCUT2D eigenvalue weighted by atomic mass is 11.8. The topological polar surface area (TPSA) is 143 Å². The number of sulfonamides is 4. The van der Waals surface area contributed by atoms with Crippen molar-refractivity contribution in [1.82, 2.24) is 6.75 Å². The van der Waals surface area contributed by atoms with E-state index < -0.39 is 56.6 Å². The highest BCUT2D eigenvalue weighted by molar-refractivity contribution is 8.05. The Morgan fingerprint density at radius 1 is 0.423 bits per heavy atom. The zero-order valence-electron chi connectivity index (χ0n) is 16.8. The molecule has 0 heterocycles. The monoisotopic (exact) mass is 490 g/mol. The fourth-order valence-electron chi connectivity index (χ4n) is 2.48. The van der Waals surface area contributed by atoms with Crippen LogP contribution in [0.15, 0.2) is 0 Å². The van der Waals surface area contributed by atoms with Crippen LogP contribution in [0.2, 0.25) is 39.3 Å². The van der Waals surface area contributed by atoms with Crippen LogP contribution in [0.5, 0.6) is 0 Å². The molecule has 0 rings (SSSR count). The maximum Gasteiger partial charge on any atom is 0.217 e. The number of hydrogen-bond acceptors (Lipinski definition) is 8. The van der Waals surface area contributed by atoms with E-state index in [4.69, 9.17) is 0 Å². The molecule has 0 aromatic carbocycles. The third-order valence-corrected chi connectivity index (χ3v) is 20.7. The molecule has 0 radical (unpaired) electrons. The molecule has 0 aliphatic rings. The van der Waals surface area contributed by atoms with Crippen molar-refractivity contribution < 1.29 is 33.7 Å². The Morgan fingerprint density at radius 2 is 0.538 bits per heavy atom. The van der Waals surface area contributed by atoms with Gasteiger partial charge in [-0.05, 0) is 0 Å². The van der Waals surface area contributed by atoms with Gasteiger partial charge in [-0.1, -0.05) is 39.3 Å². The largest absolute Gasteiger partial charge is 0.217 e. The molecule has 0 spiro atoms. The van der Waals surface area contributed by atoms with Crippen molar-refractivity contribution in [2.75, 3.05) is 25.0 Å². The molecule has 0 saturated heterocycles. The van der Waals surface area contributed by atoms with Crippen molar-refractivity contribution in [2.45, 2.75) is 39.3 Å². The highest BCUT2D eigenvalue weighted by Crippen LogP contribution is 2.18. The second kappa shape index (κ2) is 8.26. The summed E-state index contributed by atoms with van der Waals surface area (Å²) in [6, 6.07) is 0. The lowest BCUT2D eigenvalue weighted by Crippen LogP contribution is -2.51. The van der Waals surface area contributed by atoms with Crippen molar-refractivity contribution in [3.8, 4) is 0 Å². The van der Waals surface area contributed by atoms with E-state index in [0.717, 1.165) is 25.0 Å². The average Bonchev–Trinajstić information content (AvgIpc) is 1.97. The van der Waals surface area contributed by atoms with E-state index in [-0.39, 0.29) is 0 Å². The summed E-state index contributed by atoms with van der Waals surface area (Å²) in [5.74, 6) is 0. The summed E-state index contributed by atoms with van der Waals surface area (Å²) in [5.41, 5.74) is 0. The summed E-state index contributed by atoms with van der Waals surface area (Å²) in [5, 5.41) is 0. The molecule has 0 aliphatic carbocycles. The average molecular weight is 491 g/mol. The van der Waals surface area contributed by atoms with E-state index in [1.54, 1.807) is 39.3 Å². The van der Waals surface area contributed by atoms with Crippen molar-refractivity contribution >= 4 is 56.6 Å². The van der Waals surface area contributed by atoms with Gasteiger partial charge in [0.05, 0.1) is 25.0 Å². The Balaban J connectivity index is 0. The first-order valence-electron chi connectivity index (χ1n) is 7.14. The van der Waals surface area contributed by atoms with Crippen LogP contribution in [0, 0.1) is 0 Å². The zero-order chi connectivity index (χ0) is 22.2. The number of hydrogen-bond donors (Lipinski definition) is 0. The minimum absolute atomic E-state index is 0.646. The molecule has 10 nitrogen and oxygen atoms in total. The van der Waals surface area contributed by atoms with E-state index in [1.165, 1.54) is 0 Å². The van der Waals surface area contributed by atoms with Gasteiger partial charge in [-0.3, -0.25) is 0 Å². The first kappa shape index (κ1) is 28.4. The molecule has 0 aromatic heterocycles. The minimum atomic E-state index is -3.67. The Kier molecular flexibility index (Phi) is 9.01. The molecule has 0 aliphatic heterocycles. The molecule has 0 N–H and O–H groups in total. The van der Waals surface area contributed by atoms with Gasteiger partial charge in [-0.25, -0.2) is 33.7 Å². The van der Waals surface area contributed by atoms with Crippen LogP contribution in [0.25, 0.3) is 0 Å². The second-order valence-corrected chi connectivity index (χ2v) is 26.4. The van der Waals surface area contributed by atoms with Gasteiger partial charge in [0.2, 0.25) is 40.1 Å². The van der Waals surface area contributed by atoms with Gasteiger partial charge in [-0.2, -0.15) is 0 Å². The third kappa shape index (κ3) is 9.91. The van der Waals surface area contributed by atoms with E-state index in [2.05, 4.69) is 0 Å². The van der Waals surface area contributed by atoms with Crippen LogP contribution in [0.4, 0.5) is 0 Å². The van der Waals surface area contributed by atoms with Crippen molar-refractivity contribution in [3.05, 3.63) is 0 Å². The Morgan fingerprint density at radius 3 is 0.538 bits per heavy atom. The molecule has 0 unspecified atom stereocenters. The summed E-state index contributed by atoms with van der Waals surface area (Å²) in [7, 11) is -19.5. The van der Waals surface area contributed by atoms with Crippen LogP contribution in [-0.4, -0.2) is 81.9 Å². The summed E-state index contributed by atoms with van der Waals surface area (Å²) in [6.45, 7) is 9.97. The predicted octanol–water partition coefficient (Wildman–Crippen LogP) is 0.0850. The SMILES string of the molecule is C[Si](C)(C)N(S(C)(=O)=O)S(C)(=O)=O.C[Si](C)(C)N(S(C)(=O)=O)S(C)(=O)=O. The van der Waals surface area contributed by atoms with Crippen LogP contribution >= 0.6 is 0 Å². The summed E-state index contributed by atoms with van der Waals surface area (Å²) in [6.07, 6.45) is 3.64. The highest BCUT2D eigenvalue weighted by atomic mass is 32.3. The molecular formula is C10H30N2O8S4Si2. The molecule has 26 heavy (non-hydrogen) atoms. The van der Waals surface area contributed by atoms with Crippen molar-refractivity contribution in [1.29, 1.82) is 0 Å². The number of rotatable bonds is 6. The van der Waals surface area contributed by atoms with Gasteiger partial charge >= 0.3 is 0 Å². The molecule has 0 bridgehead atoms. The molecule has 0 atom stereocenters. The maximum atomic E-state index is 11.2. The standard InChI is InChI=1S/2C5H15NO4S2Si/c2*1-11(7,8)6(12(2,9)10)13(3,4)5/h2*1-5H3. The lowest BCUT2D eigenvalue weighted by molar-refractivity contribution is 0.550. The van der Waals surface area contributed by atoms with Gasteiger partial charge in [0.15, 0.2) is 16.5 Å². The fraction of sp³-hybridized carbons (Fsp3) is 1.00. The first-order valence-corrected chi connectivity index (χ1v) is 21.4. The van der Waals surface area contributed by atoms with E-state index in [0.29, 0.717) is 6.75 Å². The quantitative estimate of drug-likeness (QED) is 0.476. The normalized spacial score (nSPS) is 14.9. The minimum Gasteiger partial charge on any atom is -0.212 e. The van der Waals surface area contributed by atoms with Gasteiger partial charge in [-0.15, -0.1) is 6.75 Å². The third-order valence-electron chi connectivity index (χ3n) is 2.30. The molecule has 0 aromatic rings. The van der Waals surface area contributed by atoms with Gasteiger partial charge in [0.1, 0.15) is 0 Å². The summed E-state index contributed by atoms with van der Waals surface area (Å²) < 4.78 is 90.9. The smallest absolute Gasteiger partial charge is 0.212 e. The summed E-state index contributed by atoms with van der Waals surface area (Å²) >= 11 is 0. The van der Waals surface area contributed by atoms with Crippen molar-refractivity contribution in [3.63, 3.8) is 0 Å². The van der Waals surface area contributed by atoms with Gasteiger partial charge in [0.25, 0.3) is 0 Å². The molecular weight excluding hydrogens is 461 g/mol. The zero-order valence-corrected chi connectivity index (χ0v) is 22.1. The molecule has 0 amide bonds. The lowest BCUT2D eigenvalue weighted by Gasteiger charge is -2.29. The molecule has 16 heteroatoms. The van der Waals surface area contributed by atoms with Crippen LogP contribution < -0.4 is 0 Å². The fourth-order valence-corrected chi connectivity index (χ4v) is 22.3.